The van der Waals surface area contributed by atoms with E-state index < -0.39 is 12.0 Å². The standard InChI is InChI=1S/C27H35N3O3/c31-27(32)25(24-9-2-1-8-23(24)19-10-11-19)30-16-14-22(18-30)33-17-4-3-7-21-13-12-20-6-5-15-28-26(20)29-21/h1-2,8-9,12-13,19,22,25H,3-7,10-11,14-18H2,(H,28,29)(H,31,32)/t22-,25?/m0/s1. The first-order valence-electron chi connectivity index (χ1n) is 12.6. The van der Waals surface area contributed by atoms with Crippen molar-refractivity contribution < 1.29 is 14.6 Å². The molecule has 6 nitrogen and oxygen atoms in total. The maximum atomic E-state index is 12.2. The number of unbranched alkanes of at least 4 members (excludes halogenated alkanes) is 1. The van der Waals surface area contributed by atoms with Crippen LogP contribution >= 0.6 is 0 Å². The molecule has 33 heavy (non-hydrogen) atoms. The van der Waals surface area contributed by atoms with Gasteiger partial charge in [0, 0.05) is 31.9 Å². The highest BCUT2D eigenvalue weighted by Crippen LogP contribution is 2.44. The molecule has 1 unspecified atom stereocenters. The second-order valence-corrected chi connectivity index (χ2v) is 9.72. The number of pyridine rings is 1. The lowest BCUT2D eigenvalue weighted by molar-refractivity contribution is -0.143. The van der Waals surface area contributed by atoms with Crippen molar-refractivity contribution in [2.24, 2.45) is 0 Å². The molecular weight excluding hydrogens is 414 g/mol. The third-order valence-corrected chi connectivity index (χ3v) is 7.22. The van der Waals surface area contributed by atoms with Gasteiger partial charge < -0.3 is 15.2 Å². The molecule has 0 bridgehead atoms. The summed E-state index contributed by atoms with van der Waals surface area (Å²) in [4.78, 5) is 19.1. The van der Waals surface area contributed by atoms with Crippen molar-refractivity contribution >= 4 is 11.8 Å². The number of carboxylic acids is 1. The minimum atomic E-state index is -0.754. The van der Waals surface area contributed by atoms with E-state index in [0.717, 1.165) is 68.9 Å². The maximum Gasteiger partial charge on any atom is 0.325 e. The molecule has 1 aromatic carbocycles. The van der Waals surface area contributed by atoms with Crippen LogP contribution in [0.1, 0.15) is 72.9 Å². The number of fused-ring (bicyclic) bond motifs is 1. The van der Waals surface area contributed by atoms with Gasteiger partial charge in [-0.15, -0.1) is 0 Å². The highest BCUT2D eigenvalue weighted by atomic mass is 16.5. The van der Waals surface area contributed by atoms with Crippen molar-refractivity contribution in [3.8, 4) is 0 Å². The van der Waals surface area contributed by atoms with E-state index in [0.29, 0.717) is 12.5 Å². The molecule has 2 aromatic rings. The highest BCUT2D eigenvalue weighted by molar-refractivity contribution is 5.76. The lowest BCUT2D eigenvalue weighted by Gasteiger charge is -2.26. The van der Waals surface area contributed by atoms with Crippen molar-refractivity contribution in [3.63, 3.8) is 0 Å². The summed E-state index contributed by atoms with van der Waals surface area (Å²) in [5.74, 6) is 0.853. The van der Waals surface area contributed by atoms with Crippen LogP contribution < -0.4 is 5.32 Å². The molecule has 0 amide bonds. The monoisotopic (exact) mass is 449 g/mol. The predicted octanol–water partition coefficient (Wildman–Crippen LogP) is 4.56. The van der Waals surface area contributed by atoms with Gasteiger partial charge in [-0.3, -0.25) is 9.69 Å². The fraction of sp³-hybridized carbons (Fsp3) is 0.556. The van der Waals surface area contributed by atoms with E-state index in [1.807, 2.05) is 18.2 Å². The molecule has 2 atom stereocenters. The summed E-state index contributed by atoms with van der Waals surface area (Å²) in [7, 11) is 0. The Morgan fingerprint density at radius 2 is 2.06 bits per heavy atom. The lowest BCUT2D eigenvalue weighted by atomic mass is 9.96. The van der Waals surface area contributed by atoms with Crippen molar-refractivity contribution in [2.45, 2.75) is 69.4 Å². The molecule has 0 spiro atoms. The van der Waals surface area contributed by atoms with Crippen molar-refractivity contribution in [1.29, 1.82) is 0 Å². The number of aliphatic carboxylic acids is 1. The first kappa shape index (κ1) is 22.4. The zero-order valence-corrected chi connectivity index (χ0v) is 19.3. The fourth-order valence-electron chi connectivity index (χ4n) is 5.30. The zero-order chi connectivity index (χ0) is 22.6. The number of benzene rings is 1. The quantitative estimate of drug-likeness (QED) is 0.518. The van der Waals surface area contributed by atoms with Crippen LogP contribution in [0.15, 0.2) is 36.4 Å². The Labute approximate surface area is 196 Å². The van der Waals surface area contributed by atoms with Crippen molar-refractivity contribution in [2.75, 3.05) is 31.6 Å². The summed E-state index contributed by atoms with van der Waals surface area (Å²) in [5.41, 5.74) is 4.67. The van der Waals surface area contributed by atoms with Gasteiger partial charge in [0.2, 0.25) is 0 Å². The molecule has 5 rings (SSSR count). The summed E-state index contributed by atoms with van der Waals surface area (Å²) in [6, 6.07) is 11.9. The molecule has 6 heteroatoms. The highest BCUT2D eigenvalue weighted by Gasteiger charge is 2.37. The topological polar surface area (TPSA) is 74.7 Å². The van der Waals surface area contributed by atoms with Crippen LogP contribution in [0.3, 0.4) is 0 Å². The second kappa shape index (κ2) is 10.2. The van der Waals surface area contributed by atoms with Crippen LogP contribution in [-0.2, 0) is 22.4 Å². The van der Waals surface area contributed by atoms with Gasteiger partial charge in [0.05, 0.1) is 6.10 Å². The largest absolute Gasteiger partial charge is 0.480 e. The van der Waals surface area contributed by atoms with E-state index >= 15 is 0 Å². The molecule has 2 N–H and O–H groups in total. The number of likely N-dealkylation sites (tertiary alicyclic amines) is 1. The Morgan fingerprint density at radius 3 is 2.91 bits per heavy atom. The number of nitrogens with zero attached hydrogens (tertiary/aromatic N) is 2. The van der Waals surface area contributed by atoms with E-state index in [1.165, 1.54) is 30.4 Å². The molecule has 1 saturated carbocycles. The van der Waals surface area contributed by atoms with Crippen LogP contribution in [-0.4, -0.2) is 53.3 Å². The van der Waals surface area contributed by atoms with Crippen LogP contribution in [0.5, 0.6) is 0 Å². The van der Waals surface area contributed by atoms with Gasteiger partial charge >= 0.3 is 5.97 Å². The number of nitrogens with one attached hydrogen (secondary N) is 1. The number of hydrogen-bond donors (Lipinski definition) is 2. The smallest absolute Gasteiger partial charge is 0.325 e. The van der Waals surface area contributed by atoms with E-state index in [9.17, 15) is 9.90 Å². The minimum absolute atomic E-state index is 0.117. The lowest BCUT2D eigenvalue weighted by Crippen LogP contribution is -2.34. The molecule has 2 aliphatic heterocycles. The third kappa shape index (κ3) is 5.39. The van der Waals surface area contributed by atoms with Gasteiger partial charge in [-0.2, -0.15) is 0 Å². The first-order valence-corrected chi connectivity index (χ1v) is 12.6. The third-order valence-electron chi connectivity index (χ3n) is 7.22. The number of hydrogen-bond acceptors (Lipinski definition) is 5. The van der Waals surface area contributed by atoms with Crippen LogP contribution in [0.4, 0.5) is 5.82 Å². The Bertz CT molecular complexity index is 975. The summed E-state index contributed by atoms with van der Waals surface area (Å²) in [6.07, 6.45) is 8.68. The Balaban J connectivity index is 1.08. The number of carboxylic acid groups (broad SMARTS) is 1. The average Bonchev–Trinajstić information content (AvgIpc) is 3.58. The molecule has 1 saturated heterocycles. The number of anilines is 1. The summed E-state index contributed by atoms with van der Waals surface area (Å²) in [5, 5.41) is 13.4. The molecule has 1 aliphatic carbocycles. The number of carbonyl (C=O) groups is 1. The van der Waals surface area contributed by atoms with Gasteiger partial charge in [-0.05, 0) is 80.0 Å². The molecule has 1 aromatic heterocycles. The van der Waals surface area contributed by atoms with E-state index in [1.54, 1.807) is 0 Å². The van der Waals surface area contributed by atoms with Crippen molar-refractivity contribution in [1.82, 2.24) is 9.88 Å². The van der Waals surface area contributed by atoms with Gasteiger partial charge in [0.25, 0.3) is 0 Å². The normalized spacial score (nSPS) is 21.4. The molecule has 3 heterocycles. The van der Waals surface area contributed by atoms with Gasteiger partial charge in [0.15, 0.2) is 0 Å². The SMILES string of the molecule is O=C(O)C(c1ccccc1C1CC1)N1CC[C@H](OCCCCc2ccc3c(n2)NCCC3)C1. The van der Waals surface area contributed by atoms with Crippen molar-refractivity contribution in [3.05, 3.63) is 58.8 Å². The molecule has 0 radical (unpaired) electrons. The van der Waals surface area contributed by atoms with Gasteiger partial charge in [-0.25, -0.2) is 4.98 Å². The number of rotatable bonds is 10. The first-order chi connectivity index (χ1) is 16.2. The van der Waals surface area contributed by atoms with Gasteiger partial charge in [0.1, 0.15) is 11.9 Å². The number of aromatic nitrogens is 1. The Morgan fingerprint density at radius 1 is 1.18 bits per heavy atom. The molecule has 176 valence electrons. The summed E-state index contributed by atoms with van der Waals surface area (Å²) < 4.78 is 6.15. The zero-order valence-electron chi connectivity index (χ0n) is 19.3. The average molecular weight is 450 g/mol. The Kier molecular flexibility index (Phi) is 6.93. The van der Waals surface area contributed by atoms with Gasteiger partial charge in [-0.1, -0.05) is 30.3 Å². The second-order valence-electron chi connectivity index (χ2n) is 9.72. The summed E-state index contributed by atoms with van der Waals surface area (Å²) >= 11 is 0. The molecule has 3 aliphatic rings. The van der Waals surface area contributed by atoms with E-state index in [4.69, 9.17) is 9.72 Å². The maximum absolute atomic E-state index is 12.2. The van der Waals surface area contributed by atoms with E-state index in [-0.39, 0.29) is 6.10 Å². The molecular formula is C27H35N3O3. The molecule has 2 fully saturated rings. The predicted molar refractivity (Wildman–Crippen MR) is 129 cm³/mol. The van der Waals surface area contributed by atoms with E-state index in [2.05, 4.69) is 28.4 Å². The summed E-state index contributed by atoms with van der Waals surface area (Å²) in [6.45, 7) is 3.20. The van der Waals surface area contributed by atoms with Crippen LogP contribution in [0.25, 0.3) is 0 Å². The Hall–Kier alpha value is -2.44. The minimum Gasteiger partial charge on any atom is -0.480 e. The number of ether oxygens (including phenoxy) is 1. The number of aryl methyl sites for hydroxylation is 2. The van der Waals surface area contributed by atoms with Crippen LogP contribution in [0.2, 0.25) is 0 Å². The fourth-order valence-corrected chi connectivity index (χ4v) is 5.30. The van der Waals surface area contributed by atoms with Crippen LogP contribution in [0, 0.1) is 0 Å².